The number of hydrogen-bond donors (Lipinski definition) is 2. The summed E-state index contributed by atoms with van der Waals surface area (Å²) in [5, 5.41) is 3.05. The van der Waals surface area contributed by atoms with Gasteiger partial charge in [-0.1, -0.05) is 244 Å². The predicted octanol–water partition coefficient (Wildman–Crippen LogP) is 17.8. The number of phosphoric ester groups is 1. The molecule has 0 saturated heterocycles. The van der Waals surface area contributed by atoms with Crippen LogP contribution < -0.4 is 5.32 Å². The number of unbranched alkanes of at least 4 members (excludes halogenated alkanes) is 36. The van der Waals surface area contributed by atoms with Crippen LogP contribution >= 0.6 is 7.82 Å². The second-order valence-electron chi connectivity index (χ2n) is 21.5. The minimum atomic E-state index is -4.44. The summed E-state index contributed by atoms with van der Waals surface area (Å²) in [5.41, 5.74) is 0. The number of esters is 1. The number of nitrogens with zero attached hydrogens (tertiary/aromatic N) is 1. The fourth-order valence-electron chi connectivity index (χ4n) is 8.76. The Kier molecular flexibility index (Phi) is 48.9. The van der Waals surface area contributed by atoms with Crippen LogP contribution in [-0.4, -0.2) is 74.3 Å². The predicted molar refractivity (Wildman–Crippen MR) is 296 cm³/mol. The molecule has 3 unspecified atom stereocenters. The molecule has 0 fully saturated rings. The molecule has 0 spiro atoms. The van der Waals surface area contributed by atoms with Crippen molar-refractivity contribution in [3.63, 3.8) is 0 Å². The van der Waals surface area contributed by atoms with Crippen LogP contribution in [0.15, 0.2) is 24.3 Å². The Morgan fingerprint density at radius 3 is 1.25 bits per heavy atom. The van der Waals surface area contributed by atoms with E-state index in [1.807, 2.05) is 33.3 Å². The molecule has 9 nitrogen and oxygen atoms in total. The average Bonchev–Trinajstić information content (AvgIpc) is 3.31. The SMILES string of the molecule is CCCCCC/C=C\CCCCCCCCCC(=O)NC(COP(=O)(O)OCC[N+](C)(C)C)C(/C=C/CCCCCCCCCCCCC)OC(=O)CCCCCCCCCCCCCCCCC. The molecule has 0 heterocycles. The minimum absolute atomic E-state index is 0.0427. The van der Waals surface area contributed by atoms with Gasteiger partial charge in [0.1, 0.15) is 19.3 Å². The zero-order valence-electron chi connectivity index (χ0n) is 46.6. The number of likely N-dealkylation sites (N-methyl/N-ethyl adjacent to an activating group) is 1. The number of quaternary nitrogens is 1. The zero-order chi connectivity index (χ0) is 50.8. The smallest absolute Gasteiger partial charge is 0.456 e. The molecule has 408 valence electrons. The van der Waals surface area contributed by atoms with E-state index in [2.05, 4.69) is 38.2 Å². The lowest BCUT2D eigenvalue weighted by atomic mass is 10.0. The third-order valence-corrected chi connectivity index (χ3v) is 14.4. The number of amides is 1. The Bertz CT molecular complexity index is 1240. The summed E-state index contributed by atoms with van der Waals surface area (Å²) in [5.74, 6) is -0.496. The molecule has 69 heavy (non-hydrogen) atoms. The first kappa shape index (κ1) is 67.5. The number of nitrogens with one attached hydrogen (secondary N) is 1. The quantitative estimate of drug-likeness (QED) is 0.0205. The lowest BCUT2D eigenvalue weighted by Gasteiger charge is -2.27. The van der Waals surface area contributed by atoms with Gasteiger partial charge in [-0.15, -0.1) is 0 Å². The molecular weight excluding hydrogens is 880 g/mol. The minimum Gasteiger partial charge on any atom is -0.456 e. The van der Waals surface area contributed by atoms with Crippen molar-refractivity contribution in [2.45, 2.75) is 303 Å². The zero-order valence-corrected chi connectivity index (χ0v) is 47.5. The van der Waals surface area contributed by atoms with E-state index in [4.69, 9.17) is 13.8 Å². The van der Waals surface area contributed by atoms with Gasteiger partial charge in [-0.05, 0) is 57.4 Å². The highest BCUT2D eigenvalue weighted by molar-refractivity contribution is 7.47. The second kappa shape index (κ2) is 50.0. The monoisotopic (exact) mass is 996 g/mol. The Hall–Kier alpha value is -1.51. The number of allylic oxidation sites excluding steroid dienone is 3. The Morgan fingerprint density at radius 1 is 0.493 bits per heavy atom. The highest BCUT2D eigenvalue weighted by Crippen LogP contribution is 2.43. The molecule has 1 amide bonds. The van der Waals surface area contributed by atoms with Crippen molar-refractivity contribution in [1.82, 2.24) is 5.32 Å². The fourth-order valence-corrected chi connectivity index (χ4v) is 9.50. The maximum Gasteiger partial charge on any atom is 0.472 e. The van der Waals surface area contributed by atoms with E-state index in [0.717, 1.165) is 64.2 Å². The van der Waals surface area contributed by atoms with E-state index in [-0.39, 0.29) is 25.1 Å². The first-order chi connectivity index (χ1) is 33.4. The molecule has 0 aliphatic rings. The molecule has 0 aliphatic carbocycles. The first-order valence-corrected chi connectivity index (χ1v) is 31.2. The van der Waals surface area contributed by atoms with Crippen molar-refractivity contribution in [3.8, 4) is 0 Å². The average molecular weight is 997 g/mol. The summed E-state index contributed by atoms with van der Waals surface area (Å²) in [4.78, 5) is 37.6. The second-order valence-corrected chi connectivity index (χ2v) is 23.0. The van der Waals surface area contributed by atoms with Gasteiger partial charge in [0.15, 0.2) is 0 Å². The van der Waals surface area contributed by atoms with E-state index in [0.29, 0.717) is 23.9 Å². The van der Waals surface area contributed by atoms with Gasteiger partial charge in [0.2, 0.25) is 5.91 Å². The van der Waals surface area contributed by atoms with Crippen molar-refractivity contribution >= 4 is 19.7 Å². The number of carbonyl (C=O) groups is 2. The number of hydrogen-bond acceptors (Lipinski definition) is 6. The van der Waals surface area contributed by atoms with E-state index < -0.39 is 20.0 Å². The van der Waals surface area contributed by atoms with E-state index in [1.165, 1.54) is 193 Å². The summed E-state index contributed by atoms with van der Waals surface area (Å²) in [6.07, 6.45) is 57.3. The number of carbonyl (C=O) groups excluding carboxylic acids is 2. The van der Waals surface area contributed by atoms with Crippen LogP contribution in [0, 0.1) is 0 Å². The van der Waals surface area contributed by atoms with Crippen molar-refractivity contribution in [2.24, 2.45) is 0 Å². The molecule has 10 heteroatoms. The molecule has 2 N–H and O–H groups in total. The van der Waals surface area contributed by atoms with Gasteiger partial charge < -0.3 is 19.4 Å². The lowest BCUT2D eigenvalue weighted by Crippen LogP contribution is -2.47. The summed E-state index contributed by atoms with van der Waals surface area (Å²) < 4.78 is 30.6. The molecule has 0 rings (SSSR count). The number of phosphoric acid groups is 1. The third-order valence-electron chi connectivity index (χ3n) is 13.4. The van der Waals surface area contributed by atoms with Crippen LogP contribution in [0.25, 0.3) is 0 Å². The Morgan fingerprint density at radius 2 is 0.841 bits per heavy atom. The topological polar surface area (TPSA) is 111 Å². The summed E-state index contributed by atoms with van der Waals surface area (Å²) in [7, 11) is 1.51. The number of rotatable bonds is 54. The van der Waals surface area contributed by atoms with Crippen LogP contribution in [0.5, 0.6) is 0 Å². The Labute approximate surface area is 428 Å². The molecule has 0 bridgehead atoms. The van der Waals surface area contributed by atoms with Crippen LogP contribution in [0.3, 0.4) is 0 Å². The van der Waals surface area contributed by atoms with Crippen molar-refractivity contribution < 1.29 is 37.3 Å². The molecule has 0 aliphatic heterocycles. The van der Waals surface area contributed by atoms with Crippen LogP contribution in [0.4, 0.5) is 0 Å². The van der Waals surface area contributed by atoms with Gasteiger partial charge >= 0.3 is 13.8 Å². The van der Waals surface area contributed by atoms with E-state index in [1.54, 1.807) is 0 Å². The van der Waals surface area contributed by atoms with Crippen molar-refractivity contribution in [3.05, 3.63) is 24.3 Å². The normalized spacial score (nSPS) is 13.9. The van der Waals surface area contributed by atoms with Gasteiger partial charge in [0, 0.05) is 12.8 Å². The Balaban J connectivity index is 5.33. The lowest BCUT2D eigenvalue weighted by molar-refractivity contribution is -0.870. The standard InChI is InChI=1S/C59H115N2O7P/c1-7-10-13-16-19-22-25-28-30-33-36-39-42-45-48-51-58(62)60-56(55-67-69(64,65)66-54-53-61(4,5)6)57(50-47-44-41-38-35-32-27-24-21-18-15-12-9-3)68-59(63)52-49-46-43-40-37-34-31-29-26-23-20-17-14-11-8-2/h22,25,47,50,56-57H,7-21,23-24,26-46,48-49,51-55H2,1-6H3,(H-,60,62,64,65)/p+1/b25-22-,50-47+. The first-order valence-electron chi connectivity index (χ1n) is 29.7. The molecule has 0 aromatic carbocycles. The van der Waals surface area contributed by atoms with Crippen molar-refractivity contribution in [2.75, 3.05) is 40.9 Å². The van der Waals surface area contributed by atoms with Crippen LogP contribution in [0.1, 0.15) is 290 Å². The molecule has 0 radical (unpaired) electrons. The molecule has 0 aromatic rings. The van der Waals surface area contributed by atoms with Gasteiger partial charge in [-0.25, -0.2) is 4.57 Å². The maximum absolute atomic E-state index is 13.5. The largest absolute Gasteiger partial charge is 0.472 e. The van der Waals surface area contributed by atoms with Gasteiger partial charge in [-0.2, -0.15) is 0 Å². The molecule has 3 atom stereocenters. The number of ether oxygens (including phenoxy) is 1. The fraction of sp³-hybridized carbons (Fsp3) is 0.898. The van der Waals surface area contributed by atoms with Gasteiger partial charge in [0.25, 0.3) is 0 Å². The molecular formula is C59H116N2O7P+. The van der Waals surface area contributed by atoms with Gasteiger partial charge in [0.05, 0.1) is 33.8 Å². The van der Waals surface area contributed by atoms with Crippen LogP contribution in [0.2, 0.25) is 0 Å². The highest BCUT2D eigenvalue weighted by Gasteiger charge is 2.30. The van der Waals surface area contributed by atoms with Crippen molar-refractivity contribution in [1.29, 1.82) is 0 Å². The van der Waals surface area contributed by atoms with Crippen LogP contribution in [-0.2, 0) is 27.9 Å². The van der Waals surface area contributed by atoms with E-state index in [9.17, 15) is 19.0 Å². The third kappa shape index (κ3) is 51.2. The maximum atomic E-state index is 13.5. The van der Waals surface area contributed by atoms with E-state index >= 15 is 0 Å². The molecule has 0 aromatic heterocycles. The highest BCUT2D eigenvalue weighted by atomic mass is 31.2. The molecule has 0 saturated carbocycles. The summed E-state index contributed by atoms with van der Waals surface area (Å²) in [6.45, 7) is 7.03. The summed E-state index contributed by atoms with van der Waals surface area (Å²) >= 11 is 0. The summed E-state index contributed by atoms with van der Waals surface area (Å²) in [6, 6.07) is -0.844. The van der Waals surface area contributed by atoms with Gasteiger partial charge in [-0.3, -0.25) is 18.6 Å².